The van der Waals surface area contributed by atoms with Gasteiger partial charge in [0.25, 0.3) is 11.8 Å². The summed E-state index contributed by atoms with van der Waals surface area (Å²) in [6.45, 7) is 0.874. The number of nitrogens with two attached hydrogens (primary N) is 2. The van der Waals surface area contributed by atoms with Gasteiger partial charge < -0.3 is 22.2 Å². The van der Waals surface area contributed by atoms with Gasteiger partial charge in [0, 0.05) is 17.3 Å². The number of carbonyl (C=O) groups excluding carboxylic acids is 2. The van der Waals surface area contributed by atoms with Gasteiger partial charge in [0.2, 0.25) is 0 Å². The summed E-state index contributed by atoms with van der Waals surface area (Å²) in [4.78, 5) is 33.2. The molecule has 6 N–H and O–H groups in total. The van der Waals surface area contributed by atoms with Crippen molar-refractivity contribution in [3.05, 3.63) is 65.7 Å². The van der Waals surface area contributed by atoms with Crippen LogP contribution in [0.15, 0.2) is 48.7 Å². The molecule has 1 aromatic carbocycles. The molecule has 0 aliphatic carbocycles. The van der Waals surface area contributed by atoms with E-state index in [0.29, 0.717) is 28.5 Å². The van der Waals surface area contributed by atoms with Crippen LogP contribution in [-0.2, 0) is 0 Å². The van der Waals surface area contributed by atoms with Crippen molar-refractivity contribution in [1.29, 1.82) is 0 Å². The van der Waals surface area contributed by atoms with Gasteiger partial charge in [0.15, 0.2) is 5.69 Å². The number of piperidine rings is 1. The van der Waals surface area contributed by atoms with Crippen LogP contribution in [0, 0.1) is 0 Å². The first-order valence-electron chi connectivity index (χ1n) is 9.78. The molecule has 0 radical (unpaired) electrons. The van der Waals surface area contributed by atoms with Crippen molar-refractivity contribution in [2.24, 2.45) is 5.73 Å². The maximum atomic E-state index is 12.4. The van der Waals surface area contributed by atoms with E-state index in [2.05, 4.69) is 20.6 Å². The van der Waals surface area contributed by atoms with Crippen LogP contribution in [-0.4, -0.2) is 33.0 Å². The van der Waals surface area contributed by atoms with Crippen LogP contribution >= 0.6 is 0 Å². The van der Waals surface area contributed by atoms with E-state index in [1.165, 1.54) is 4.68 Å². The lowest BCUT2D eigenvalue weighted by Crippen LogP contribution is -2.32. The van der Waals surface area contributed by atoms with Crippen molar-refractivity contribution in [1.82, 2.24) is 20.0 Å². The number of nitrogens with one attached hydrogen (secondary N) is 2. The Kier molecular flexibility index (Phi) is 5.44. The predicted octanol–water partition coefficient (Wildman–Crippen LogP) is 1.82. The molecule has 30 heavy (non-hydrogen) atoms. The molecule has 1 atom stereocenters. The van der Waals surface area contributed by atoms with Crippen molar-refractivity contribution >= 4 is 17.6 Å². The largest absolute Gasteiger partial charge is 0.364 e. The van der Waals surface area contributed by atoms with E-state index < -0.39 is 5.91 Å². The highest BCUT2D eigenvalue weighted by Gasteiger charge is 2.27. The molecule has 1 aliphatic heterocycles. The molecule has 1 saturated heterocycles. The molecule has 3 heterocycles. The second-order valence-corrected chi connectivity index (χ2v) is 7.15. The molecule has 3 aromatic rings. The molecule has 2 aromatic heterocycles. The zero-order valence-electron chi connectivity index (χ0n) is 16.3. The first-order valence-corrected chi connectivity index (χ1v) is 9.78. The first kappa shape index (κ1) is 19.6. The van der Waals surface area contributed by atoms with Crippen LogP contribution in [0.25, 0.3) is 11.3 Å². The molecule has 0 bridgehead atoms. The van der Waals surface area contributed by atoms with E-state index >= 15 is 0 Å². The average Bonchev–Trinajstić information content (AvgIpc) is 3.12. The highest BCUT2D eigenvalue weighted by atomic mass is 16.2. The number of carbonyl (C=O) groups is 2. The summed E-state index contributed by atoms with van der Waals surface area (Å²) >= 11 is 0. The lowest BCUT2D eigenvalue weighted by molar-refractivity contribution is 0.0991. The van der Waals surface area contributed by atoms with Crippen molar-refractivity contribution in [2.75, 3.05) is 17.7 Å². The van der Waals surface area contributed by atoms with Gasteiger partial charge in [-0.3, -0.25) is 9.59 Å². The number of hydrogen-bond acceptors (Lipinski definition) is 6. The molecule has 9 nitrogen and oxygen atoms in total. The number of imidazole rings is 1. The maximum Gasteiger partial charge on any atom is 0.269 e. The molecule has 1 fully saturated rings. The van der Waals surface area contributed by atoms with E-state index in [9.17, 15) is 9.59 Å². The van der Waals surface area contributed by atoms with Crippen LogP contribution in [0.2, 0.25) is 0 Å². The van der Waals surface area contributed by atoms with Crippen molar-refractivity contribution < 1.29 is 9.59 Å². The fourth-order valence-corrected chi connectivity index (χ4v) is 3.61. The summed E-state index contributed by atoms with van der Waals surface area (Å²) in [7, 11) is 0. The molecular formula is C21H23N7O2. The quantitative estimate of drug-likeness (QED) is 0.477. The fraction of sp³-hybridized carbons (Fsp3) is 0.238. The van der Waals surface area contributed by atoms with Gasteiger partial charge in [0.1, 0.15) is 17.3 Å². The molecule has 154 valence electrons. The number of nitrogen functional groups attached to an aromatic ring is 1. The van der Waals surface area contributed by atoms with E-state index in [1.807, 2.05) is 0 Å². The number of nitrogens with zero attached hydrogens (tertiary/aromatic N) is 3. The summed E-state index contributed by atoms with van der Waals surface area (Å²) in [5, 5.41) is 6.11. The molecule has 0 saturated carbocycles. The second kappa shape index (κ2) is 8.34. The van der Waals surface area contributed by atoms with Gasteiger partial charge in [-0.2, -0.15) is 0 Å². The molecular weight excluding hydrogens is 382 g/mol. The van der Waals surface area contributed by atoms with Gasteiger partial charge in [0.05, 0.1) is 6.04 Å². The minimum Gasteiger partial charge on any atom is -0.364 e. The number of primary amides is 1. The second-order valence-electron chi connectivity index (χ2n) is 7.15. The first-order chi connectivity index (χ1) is 14.5. The Bertz CT molecular complexity index is 1050. The number of aromatic nitrogens is 3. The van der Waals surface area contributed by atoms with Crippen LogP contribution in [0.4, 0.5) is 5.82 Å². The van der Waals surface area contributed by atoms with E-state index in [0.717, 1.165) is 25.8 Å². The number of pyridine rings is 1. The van der Waals surface area contributed by atoms with Gasteiger partial charge in [-0.1, -0.05) is 24.6 Å². The normalized spacial score (nSPS) is 16.2. The highest BCUT2D eigenvalue weighted by Crippen LogP contribution is 2.28. The third-order valence-corrected chi connectivity index (χ3v) is 5.12. The van der Waals surface area contributed by atoms with Gasteiger partial charge >= 0.3 is 0 Å². The smallest absolute Gasteiger partial charge is 0.269 e. The minimum absolute atomic E-state index is 0.0287. The zero-order valence-corrected chi connectivity index (χ0v) is 16.3. The number of hydrogen-bond donors (Lipinski definition) is 4. The Balaban J connectivity index is 1.62. The Hall–Kier alpha value is -3.72. The Morgan fingerprint density at radius 2 is 1.93 bits per heavy atom. The van der Waals surface area contributed by atoms with E-state index in [1.54, 1.807) is 48.7 Å². The molecule has 0 spiro atoms. The summed E-state index contributed by atoms with van der Waals surface area (Å²) in [6, 6.07) is 12.0. The summed E-state index contributed by atoms with van der Waals surface area (Å²) in [5.41, 5.74) is 7.24. The minimum atomic E-state index is -0.654. The zero-order chi connectivity index (χ0) is 21.1. The standard InChI is InChI=1S/C21H23N7O2/c22-19(29)18-17(27-20(28(18)23)15-5-1-3-11-24-15)13-7-9-14(10-8-13)21(30)26-16-6-2-4-12-25-16/h2,4,6-10,12,15,24H,1,3,5,11,23H2,(H2,22,29)(H,25,26,30)/t15-/m0/s1. The SMILES string of the molecule is NC(=O)c1c(-c2ccc(C(=O)Nc3ccccn3)cc2)nc([C@@H]2CCCCN2)n1N. The summed E-state index contributed by atoms with van der Waals surface area (Å²) < 4.78 is 1.28. The van der Waals surface area contributed by atoms with Gasteiger partial charge in [-0.05, 0) is 43.7 Å². The number of benzene rings is 1. The van der Waals surface area contributed by atoms with Crippen LogP contribution in [0.1, 0.15) is 52.0 Å². The number of anilines is 1. The van der Waals surface area contributed by atoms with Gasteiger partial charge in [-0.25, -0.2) is 14.6 Å². The molecule has 4 rings (SSSR count). The highest BCUT2D eigenvalue weighted by molar-refractivity contribution is 6.04. The third kappa shape index (κ3) is 3.87. The lowest BCUT2D eigenvalue weighted by atomic mass is 10.0. The van der Waals surface area contributed by atoms with Crippen LogP contribution < -0.4 is 22.2 Å². The van der Waals surface area contributed by atoms with Crippen molar-refractivity contribution in [3.8, 4) is 11.3 Å². The monoisotopic (exact) mass is 405 g/mol. The number of rotatable bonds is 5. The van der Waals surface area contributed by atoms with E-state index in [4.69, 9.17) is 11.6 Å². The molecule has 2 amide bonds. The topological polar surface area (TPSA) is 141 Å². The summed E-state index contributed by atoms with van der Waals surface area (Å²) in [5.74, 6) is 6.29. The number of amides is 2. The maximum absolute atomic E-state index is 12.4. The van der Waals surface area contributed by atoms with Crippen LogP contribution in [0.3, 0.4) is 0 Å². The molecule has 0 unspecified atom stereocenters. The van der Waals surface area contributed by atoms with E-state index in [-0.39, 0.29) is 17.6 Å². The average molecular weight is 405 g/mol. The van der Waals surface area contributed by atoms with Crippen LogP contribution in [0.5, 0.6) is 0 Å². The Labute approximate surface area is 173 Å². The molecule has 1 aliphatic rings. The summed E-state index contributed by atoms with van der Waals surface area (Å²) in [6.07, 6.45) is 4.65. The van der Waals surface area contributed by atoms with Gasteiger partial charge in [-0.15, -0.1) is 0 Å². The Morgan fingerprint density at radius 3 is 2.57 bits per heavy atom. The Morgan fingerprint density at radius 1 is 1.13 bits per heavy atom. The fourth-order valence-electron chi connectivity index (χ4n) is 3.61. The van der Waals surface area contributed by atoms with Crippen molar-refractivity contribution in [3.63, 3.8) is 0 Å². The predicted molar refractivity (Wildman–Crippen MR) is 113 cm³/mol. The third-order valence-electron chi connectivity index (χ3n) is 5.12. The molecule has 9 heteroatoms. The van der Waals surface area contributed by atoms with Crippen molar-refractivity contribution in [2.45, 2.75) is 25.3 Å². The lowest BCUT2D eigenvalue weighted by Gasteiger charge is -2.22.